The zero-order valence-corrected chi connectivity index (χ0v) is 10.3. The monoisotopic (exact) mass is 274 g/mol. The Kier molecular flexibility index (Phi) is 2.79. The highest BCUT2D eigenvalue weighted by atomic mass is 32.2. The summed E-state index contributed by atoms with van der Waals surface area (Å²) in [5, 5.41) is 2.42. The number of Topliss-reactive ketones (excluding diaryl/α,β-unsaturated/α-hetero) is 1. The van der Waals surface area contributed by atoms with Crippen LogP contribution in [0.1, 0.15) is 10.4 Å². The van der Waals surface area contributed by atoms with Crippen molar-refractivity contribution in [1.29, 1.82) is 0 Å². The number of hydrogen-bond acceptors (Lipinski definition) is 4. The molecule has 1 aromatic heterocycles. The smallest absolute Gasteiger partial charge is 0.296 e. The number of carbonyl (C=O) groups excluding carboxylic acids is 2. The minimum atomic E-state index is -0.722. The van der Waals surface area contributed by atoms with Gasteiger partial charge in [0.15, 0.2) is 0 Å². The molecule has 1 N–H and O–H groups in total. The van der Waals surface area contributed by atoms with Crippen molar-refractivity contribution < 1.29 is 14.0 Å². The number of nitrogens with zero attached hydrogens (tertiary/aromatic N) is 1. The molecule has 0 saturated heterocycles. The predicted octanol–water partition coefficient (Wildman–Crippen LogP) is 2.51. The number of pyridine rings is 1. The zero-order valence-electron chi connectivity index (χ0n) is 9.51. The number of hydrogen-bond donors (Lipinski definition) is 1. The van der Waals surface area contributed by atoms with Gasteiger partial charge in [0.2, 0.25) is 0 Å². The Labute approximate surface area is 112 Å². The number of nitrogens with one attached hydrogen (secondary N) is 1. The van der Waals surface area contributed by atoms with Crippen LogP contribution in [0, 0.1) is 5.82 Å². The fraction of sp³-hybridized carbons (Fsp3) is 0. The van der Waals surface area contributed by atoms with Gasteiger partial charge in [-0.2, -0.15) is 0 Å². The Bertz CT molecular complexity index is 689. The molecule has 1 aromatic carbocycles. The molecule has 0 unspecified atom stereocenters. The second kappa shape index (κ2) is 4.47. The molecule has 3 rings (SSSR count). The first-order valence-corrected chi connectivity index (χ1v) is 6.24. The average Bonchev–Trinajstić information content (AvgIpc) is 2.67. The maximum atomic E-state index is 13.9. The van der Waals surface area contributed by atoms with Gasteiger partial charge in [-0.15, -0.1) is 0 Å². The molecule has 6 heteroatoms. The van der Waals surface area contributed by atoms with E-state index in [2.05, 4.69) is 10.3 Å². The Morgan fingerprint density at radius 1 is 1.16 bits per heavy atom. The average molecular weight is 274 g/mol. The number of amides is 1. The molecule has 1 amide bonds. The summed E-state index contributed by atoms with van der Waals surface area (Å²) < 4.78 is 13.9. The number of benzene rings is 1. The maximum Gasteiger partial charge on any atom is 0.296 e. The van der Waals surface area contributed by atoms with Gasteiger partial charge in [-0.25, -0.2) is 4.39 Å². The largest absolute Gasteiger partial charge is 0.318 e. The third kappa shape index (κ3) is 2.10. The lowest BCUT2D eigenvalue weighted by Gasteiger charge is -2.05. The van der Waals surface area contributed by atoms with Crippen molar-refractivity contribution in [1.82, 2.24) is 4.98 Å². The second-order valence-electron chi connectivity index (χ2n) is 3.90. The number of anilines is 1. The van der Waals surface area contributed by atoms with Crippen LogP contribution < -0.4 is 5.32 Å². The van der Waals surface area contributed by atoms with E-state index in [4.69, 9.17) is 0 Å². The number of rotatable bonds is 2. The molecule has 4 nitrogen and oxygen atoms in total. The highest BCUT2D eigenvalue weighted by molar-refractivity contribution is 7.99. The number of aromatic nitrogens is 1. The molecule has 2 aromatic rings. The highest BCUT2D eigenvalue weighted by Crippen LogP contribution is 2.35. The van der Waals surface area contributed by atoms with E-state index in [1.165, 1.54) is 17.8 Å². The van der Waals surface area contributed by atoms with Gasteiger partial charge in [-0.05, 0) is 24.3 Å². The SMILES string of the molecule is O=C1Nc2cc(Sc3ccncc3)c(F)cc2C1=O. The van der Waals surface area contributed by atoms with Crippen LogP contribution in [-0.2, 0) is 4.79 Å². The molecule has 2 heterocycles. The van der Waals surface area contributed by atoms with E-state index in [0.717, 1.165) is 11.0 Å². The number of fused-ring (bicyclic) bond motifs is 1. The molecule has 0 aliphatic carbocycles. The Balaban J connectivity index is 1.99. The minimum absolute atomic E-state index is 0.0848. The highest BCUT2D eigenvalue weighted by Gasteiger charge is 2.29. The first-order chi connectivity index (χ1) is 9.15. The zero-order chi connectivity index (χ0) is 13.4. The number of carbonyl (C=O) groups is 2. The summed E-state index contributed by atoms with van der Waals surface area (Å²) in [4.78, 5) is 27.7. The van der Waals surface area contributed by atoms with Crippen molar-refractivity contribution in [3.05, 3.63) is 48.0 Å². The van der Waals surface area contributed by atoms with Crippen LogP contribution in [0.5, 0.6) is 0 Å². The van der Waals surface area contributed by atoms with Crippen LogP contribution in [0.25, 0.3) is 0 Å². The molecular weight excluding hydrogens is 267 g/mol. The third-order valence-electron chi connectivity index (χ3n) is 2.65. The molecule has 19 heavy (non-hydrogen) atoms. The quantitative estimate of drug-likeness (QED) is 0.855. The number of halogens is 1. The Hall–Kier alpha value is -2.21. The molecule has 1 aliphatic heterocycles. The topological polar surface area (TPSA) is 59.1 Å². The van der Waals surface area contributed by atoms with Crippen LogP contribution in [0.15, 0.2) is 46.5 Å². The van der Waals surface area contributed by atoms with Crippen molar-refractivity contribution in [2.75, 3.05) is 5.32 Å². The number of ketones is 1. The fourth-order valence-electron chi connectivity index (χ4n) is 1.76. The van der Waals surface area contributed by atoms with Gasteiger partial charge in [-0.3, -0.25) is 14.6 Å². The van der Waals surface area contributed by atoms with E-state index in [1.807, 2.05) is 0 Å². The second-order valence-corrected chi connectivity index (χ2v) is 5.01. The molecular formula is C13H7FN2O2S. The van der Waals surface area contributed by atoms with Crippen molar-refractivity contribution in [3.8, 4) is 0 Å². The van der Waals surface area contributed by atoms with Crippen LogP contribution in [0.3, 0.4) is 0 Å². The first kappa shape index (κ1) is 11.9. The van der Waals surface area contributed by atoms with Crippen molar-refractivity contribution >= 4 is 29.1 Å². The molecule has 0 atom stereocenters. The predicted molar refractivity (Wildman–Crippen MR) is 67.7 cm³/mol. The van der Waals surface area contributed by atoms with Crippen LogP contribution in [0.2, 0.25) is 0 Å². The summed E-state index contributed by atoms with van der Waals surface area (Å²) in [6.07, 6.45) is 3.22. The molecule has 1 aliphatic rings. The molecule has 0 radical (unpaired) electrons. The van der Waals surface area contributed by atoms with Crippen LogP contribution >= 0.6 is 11.8 Å². The Morgan fingerprint density at radius 2 is 1.89 bits per heavy atom. The van der Waals surface area contributed by atoms with Gasteiger partial charge >= 0.3 is 0 Å². The summed E-state index contributed by atoms with van der Waals surface area (Å²) in [6.45, 7) is 0. The maximum absolute atomic E-state index is 13.9. The van der Waals surface area contributed by atoms with E-state index < -0.39 is 17.5 Å². The van der Waals surface area contributed by atoms with Gasteiger partial charge in [0.25, 0.3) is 11.7 Å². The van der Waals surface area contributed by atoms with Gasteiger partial charge in [-0.1, -0.05) is 11.8 Å². The summed E-state index contributed by atoms with van der Waals surface area (Å²) in [7, 11) is 0. The molecule has 94 valence electrons. The third-order valence-corrected chi connectivity index (χ3v) is 3.69. The summed E-state index contributed by atoms with van der Waals surface area (Å²) >= 11 is 1.21. The van der Waals surface area contributed by atoms with Gasteiger partial charge in [0.1, 0.15) is 5.82 Å². The van der Waals surface area contributed by atoms with E-state index in [9.17, 15) is 14.0 Å². The van der Waals surface area contributed by atoms with Crippen LogP contribution in [0.4, 0.5) is 10.1 Å². The van der Waals surface area contributed by atoms with Crippen molar-refractivity contribution in [2.24, 2.45) is 0 Å². The van der Waals surface area contributed by atoms with E-state index in [1.54, 1.807) is 24.5 Å². The fourth-order valence-corrected chi connectivity index (χ4v) is 2.60. The van der Waals surface area contributed by atoms with Crippen molar-refractivity contribution in [3.63, 3.8) is 0 Å². The Morgan fingerprint density at radius 3 is 2.63 bits per heavy atom. The lowest BCUT2D eigenvalue weighted by atomic mass is 10.1. The summed E-state index contributed by atoms with van der Waals surface area (Å²) in [5.74, 6) is -1.94. The molecule has 0 bridgehead atoms. The van der Waals surface area contributed by atoms with E-state index in [-0.39, 0.29) is 5.56 Å². The van der Waals surface area contributed by atoms with Crippen molar-refractivity contribution in [2.45, 2.75) is 9.79 Å². The molecule has 0 saturated carbocycles. The van der Waals surface area contributed by atoms with Gasteiger partial charge < -0.3 is 5.32 Å². The normalized spacial score (nSPS) is 13.3. The standard InChI is InChI=1S/C13H7FN2O2S/c14-9-5-8-10(16-13(18)12(8)17)6-11(9)19-7-1-3-15-4-2-7/h1-6H,(H,16,17,18). The first-order valence-electron chi connectivity index (χ1n) is 5.42. The molecule has 0 fully saturated rings. The minimum Gasteiger partial charge on any atom is -0.318 e. The lowest BCUT2D eigenvalue weighted by molar-refractivity contribution is -0.112. The van der Waals surface area contributed by atoms with Gasteiger partial charge in [0.05, 0.1) is 16.1 Å². The summed E-state index contributed by atoms with van der Waals surface area (Å²) in [6, 6.07) is 6.07. The van der Waals surface area contributed by atoms with E-state index >= 15 is 0 Å². The summed E-state index contributed by atoms with van der Waals surface area (Å²) in [5.41, 5.74) is 0.439. The van der Waals surface area contributed by atoms with Crippen LogP contribution in [-0.4, -0.2) is 16.7 Å². The molecule has 0 spiro atoms. The lowest BCUT2D eigenvalue weighted by Crippen LogP contribution is -2.12. The van der Waals surface area contributed by atoms with E-state index in [0.29, 0.717) is 10.6 Å². The van der Waals surface area contributed by atoms with Gasteiger partial charge in [0, 0.05) is 17.3 Å².